The summed E-state index contributed by atoms with van der Waals surface area (Å²) in [6.45, 7) is 7.47. The number of aryl methyl sites for hydroxylation is 1. The maximum absolute atomic E-state index is 12.6. The number of aromatic nitrogens is 1. The summed E-state index contributed by atoms with van der Waals surface area (Å²) in [5.74, 6) is 0.312. The second-order valence-electron chi connectivity index (χ2n) is 5.86. The van der Waals surface area contributed by atoms with Crippen LogP contribution in [0.25, 0.3) is 0 Å². The van der Waals surface area contributed by atoms with Gasteiger partial charge in [0.1, 0.15) is 5.60 Å². The van der Waals surface area contributed by atoms with E-state index in [9.17, 15) is 4.79 Å². The highest BCUT2D eigenvalue weighted by molar-refractivity contribution is 7.14. The highest BCUT2D eigenvalue weighted by Gasteiger charge is 2.27. The first-order chi connectivity index (χ1) is 10.3. The number of amides is 1. The molecular weight excluding hydrogens is 320 g/mol. The second kappa shape index (κ2) is 6.67. The van der Waals surface area contributed by atoms with E-state index in [0.717, 1.165) is 16.9 Å². The van der Waals surface area contributed by atoms with Crippen LogP contribution in [0, 0.1) is 6.92 Å². The molecule has 1 heterocycles. The Morgan fingerprint density at radius 1 is 1.36 bits per heavy atom. The summed E-state index contributed by atoms with van der Waals surface area (Å²) in [4.78, 5) is 18.6. The summed E-state index contributed by atoms with van der Waals surface area (Å²) in [6, 6.07) is 7.64. The van der Waals surface area contributed by atoms with E-state index in [1.807, 2.05) is 57.3 Å². The molecule has 0 saturated heterocycles. The van der Waals surface area contributed by atoms with Crippen molar-refractivity contribution in [3.05, 3.63) is 40.9 Å². The van der Waals surface area contributed by atoms with Crippen LogP contribution in [0.3, 0.4) is 0 Å². The Balaban J connectivity index is 2.45. The average Bonchev–Trinajstić information content (AvgIpc) is 2.88. The van der Waals surface area contributed by atoms with Gasteiger partial charge in [0.25, 0.3) is 0 Å². The largest absolute Gasteiger partial charge is 0.443 e. The van der Waals surface area contributed by atoms with Crippen LogP contribution in [0.15, 0.2) is 29.6 Å². The summed E-state index contributed by atoms with van der Waals surface area (Å²) in [6.07, 6.45) is -0.447. The van der Waals surface area contributed by atoms with Crippen molar-refractivity contribution in [2.24, 2.45) is 0 Å². The van der Waals surface area contributed by atoms with Crippen molar-refractivity contribution in [3.8, 4) is 0 Å². The van der Waals surface area contributed by atoms with Gasteiger partial charge in [-0.25, -0.2) is 14.7 Å². The fraction of sp³-hybridized carbons (Fsp3) is 0.375. The van der Waals surface area contributed by atoms with Gasteiger partial charge < -0.3 is 4.74 Å². The van der Waals surface area contributed by atoms with Crippen molar-refractivity contribution in [1.82, 2.24) is 4.98 Å². The van der Waals surface area contributed by atoms with Crippen molar-refractivity contribution in [1.29, 1.82) is 0 Å². The van der Waals surface area contributed by atoms with Crippen LogP contribution >= 0.6 is 22.9 Å². The van der Waals surface area contributed by atoms with Crippen molar-refractivity contribution in [2.75, 3.05) is 4.90 Å². The molecule has 1 aromatic carbocycles. The van der Waals surface area contributed by atoms with Crippen molar-refractivity contribution < 1.29 is 9.53 Å². The maximum atomic E-state index is 12.6. The number of alkyl halides is 1. The van der Waals surface area contributed by atoms with Crippen molar-refractivity contribution in [2.45, 2.75) is 39.2 Å². The van der Waals surface area contributed by atoms with E-state index in [4.69, 9.17) is 16.3 Å². The molecule has 2 rings (SSSR count). The number of hydrogen-bond acceptors (Lipinski definition) is 4. The molecule has 0 fully saturated rings. The molecule has 0 aliphatic heterocycles. The Hall–Kier alpha value is -1.59. The van der Waals surface area contributed by atoms with Crippen molar-refractivity contribution >= 4 is 39.8 Å². The SMILES string of the molecule is Cc1ccccc1N(C(=O)OC(C)(C)C)c1nc(CCl)cs1. The molecule has 4 nitrogen and oxygen atoms in total. The number of thiazole rings is 1. The minimum atomic E-state index is -0.579. The number of rotatable bonds is 3. The van der Waals surface area contributed by atoms with E-state index >= 15 is 0 Å². The van der Waals surface area contributed by atoms with Crippen LogP contribution in [0.5, 0.6) is 0 Å². The molecule has 0 radical (unpaired) electrons. The number of carbonyl (C=O) groups excluding carboxylic acids is 1. The number of para-hydroxylation sites is 1. The molecule has 1 amide bonds. The zero-order valence-electron chi connectivity index (χ0n) is 13.1. The number of halogens is 1. The summed E-state index contributed by atoms with van der Waals surface area (Å²) >= 11 is 7.19. The fourth-order valence-electron chi connectivity index (χ4n) is 1.86. The standard InChI is InChI=1S/C16H19ClN2O2S/c1-11-7-5-6-8-13(11)19(15(20)21-16(2,3)4)14-18-12(9-17)10-22-14/h5-8,10H,9H2,1-4H3. The molecule has 0 saturated carbocycles. The Bertz CT molecular complexity index is 664. The first-order valence-electron chi connectivity index (χ1n) is 6.91. The summed E-state index contributed by atoms with van der Waals surface area (Å²) < 4.78 is 5.53. The van der Waals surface area contributed by atoms with E-state index in [0.29, 0.717) is 11.0 Å². The van der Waals surface area contributed by atoms with Crippen LogP contribution in [-0.4, -0.2) is 16.7 Å². The van der Waals surface area contributed by atoms with Crippen LogP contribution in [0.1, 0.15) is 32.0 Å². The fourth-order valence-corrected chi connectivity index (χ4v) is 2.92. The maximum Gasteiger partial charge on any atom is 0.421 e. The van der Waals surface area contributed by atoms with Gasteiger partial charge in [-0.3, -0.25) is 0 Å². The van der Waals surface area contributed by atoms with Gasteiger partial charge >= 0.3 is 6.09 Å². The topological polar surface area (TPSA) is 42.4 Å². The predicted octanol–water partition coefficient (Wildman–Crippen LogP) is 5.26. The summed E-state index contributed by atoms with van der Waals surface area (Å²) in [5, 5.41) is 2.40. The minimum Gasteiger partial charge on any atom is -0.443 e. The number of hydrogen-bond donors (Lipinski definition) is 0. The zero-order chi connectivity index (χ0) is 16.3. The highest BCUT2D eigenvalue weighted by atomic mass is 35.5. The molecule has 22 heavy (non-hydrogen) atoms. The molecule has 0 unspecified atom stereocenters. The van der Waals surface area contributed by atoms with Gasteiger partial charge in [0.2, 0.25) is 0 Å². The van der Waals surface area contributed by atoms with Crippen LogP contribution in [0.2, 0.25) is 0 Å². The molecule has 0 bridgehead atoms. The Morgan fingerprint density at radius 3 is 2.59 bits per heavy atom. The Labute approximate surface area is 139 Å². The molecule has 118 valence electrons. The van der Waals surface area contributed by atoms with Gasteiger partial charge in [0.15, 0.2) is 5.13 Å². The number of nitrogens with zero attached hydrogens (tertiary/aromatic N) is 2. The van der Waals surface area contributed by atoms with Gasteiger partial charge in [-0.05, 0) is 39.3 Å². The van der Waals surface area contributed by atoms with Crippen LogP contribution in [0.4, 0.5) is 15.6 Å². The normalized spacial score (nSPS) is 11.3. The predicted molar refractivity (Wildman–Crippen MR) is 91.2 cm³/mol. The van der Waals surface area contributed by atoms with Crippen LogP contribution < -0.4 is 4.90 Å². The monoisotopic (exact) mass is 338 g/mol. The third-order valence-electron chi connectivity index (χ3n) is 2.80. The lowest BCUT2D eigenvalue weighted by Gasteiger charge is -2.26. The van der Waals surface area contributed by atoms with E-state index in [1.54, 1.807) is 0 Å². The quantitative estimate of drug-likeness (QED) is 0.716. The second-order valence-corrected chi connectivity index (χ2v) is 6.96. The number of anilines is 2. The van der Waals surface area contributed by atoms with E-state index < -0.39 is 11.7 Å². The lowest BCUT2D eigenvalue weighted by atomic mass is 10.2. The molecule has 0 spiro atoms. The number of benzene rings is 1. The average molecular weight is 339 g/mol. The molecule has 0 aliphatic rings. The first-order valence-corrected chi connectivity index (χ1v) is 8.32. The van der Waals surface area contributed by atoms with Crippen LogP contribution in [-0.2, 0) is 10.6 Å². The molecule has 0 aliphatic carbocycles. The minimum absolute atomic E-state index is 0.312. The third kappa shape index (κ3) is 3.99. The smallest absolute Gasteiger partial charge is 0.421 e. The van der Waals surface area contributed by atoms with E-state index in [1.165, 1.54) is 16.2 Å². The lowest BCUT2D eigenvalue weighted by Crippen LogP contribution is -2.34. The molecular formula is C16H19ClN2O2S. The Kier molecular flexibility index (Phi) is 5.08. The van der Waals surface area contributed by atoms with Gasteiger partial charge in [-0.15, -0.1) is 22.9 Å². The Morgan fingerprint density at radius 2 is 2.05 bits per heavy atom. The lowest BCUT2D eigenvalue weighted by molar-refractivity contribution is 0.0599. The zero-order valence-corrected chi connectivity index (χ0v) is 14.7. The number of carbonyl (C=O) groups is 1. The summed E-state index contributed by atoms with van der Waals surface area (Å²) in [5.41, 5.74) is 1.89. The van der Waals surface area contributed by atoms with Gasteiger partial charge in [0, 0.05) is 5.38 Å². The van der Waals surface area contributed by atoms with Gasteiger partial charge in [-0.1, -0.05) is 18.2 Å². The third-order valence-corrected chi connectivity index (χ3v) is 3.95. The van der Waals surface area contributed by atoms with Crippen molar-refractivity contribution in [3.63, 3.8) is 0 Å². The summed E-state index contributed by atoms with van der Waals surface area (Å²) in [7, 11) is 0. The van der Waals surface area contributed by atoms with Gasteiger partial charge in [-0.2, -0.15) is 0 Å². The van der Waals surface area contributed by atoms with Gasteiger partial charge in [0.05, 0.1) is 17.3 Å². The molecule has 2 aromatic rings. The molecule has 6 heteroatoms. The van der Waals surface area contributed by atoms with E-state index in [-0.39, 0.29) is 0 Å². The molecule has 0 atom stereocenters. The number of ether oxygens (including phenoxy) is 1. The highest BCUT2D eigenvalue weighted by Crippen LogP contribution is 2.32. The van der Waals surface area contributed by atoms with E-state index in [2.05, 4.69) is 4.98 Å². The molecule has 0 N–H and O–H groups in total. The first kappa shape index (κ1) is 16.8. The molecule has 1 aromatic heterocycles.